The number of nitrogens with zero attached hydrogens (tertiary/aromatic N) is 2. The number of aliphatic hydroxyl groups excluding tert-OH is 2. The van der Waals surface area contributed by atoms with E-state index in [0.717, 1.165) is 34.5 Å². The van der Waals surface area contributed by atoms with Gasteiger partial charge in [0, 0.05) is 31.4 Å². The summed E-state index contributed by atoms with van der Waals surface area (Å²) in [6, 6.07) is 4.56. The molecule has 1 atom stereocenters. The SMILES string of the molecule is Cc1cc(C[C@@H](O)CO)cnc1C1=CCN(C(=O)Nc2ccc(C(F)(F)F)c(Cl)c2)CC1. The minimum Gasteiger partial charge on any atom is -0.394 e. The van der Waals surface area contributed by atoms with Gasteiger partial charge in [-0.3, -0.25) is 4.98 Å². The summed E-state index contributed by atoms with van der Waals surface area (Å²) < 4.78 is 38.5. The summed E-state index contributed by atoms with van der Waals surface area (Å²) >= 11 is 5.70. The molecule has 0 saturated heterocycles. The van der Waals surface area contributed by atoms with Crippen LogP contribution in [0.25, 0.3) is 5.57 Å². The number of aryl methyl sites for hydroxylation is 1. The topological polar surface area (TPSA) is 85.7 Å². The van der Waals surface area contributed by atoms with Gasteiger partial charge in [-0.25, -0.2) is 4.79 Å². The van der Waals surface area contributed by atoms with Crippen LogP contribution in [0.1, 0.15) is 28.8 Å². The molecule has 10 heteroatoms. The molecule has 0 fully saturated rings. The molecule has 2 aromatic rings. The molecule has 172 valence electrons. The molecule has 2 amide bonds. The Hall–Kier alpha value is -2.62. The number of urea groups is 1. The number of alkyl halides is 3. The summed E-state index contributed by atoms with van der Waals surface area (Å²) in [4.78, 5) is 18.5. The van der Waals surface area contributed by atoms with E-state index >= 15 is 0 Å². The Balaban J connectivity index is 1.64. The molecular weight excluding hydrogens is 447 g/mol. The Morgan fingerprint density at radius 1 is 1.34 bits per heavy atom. The number of aliphatic hydroxyl groups is 2. The van der Waals surface area contributed by atoms with E-state index < -0.39 is 28.9 Å². The smallest absolute Gasteiger partial charge is 0.394 e. The maximum Gasteiger partial charge on any atom is 0.417 e. The first-order valence-corrected chi connectivity index (χ1v) is 10.3. The maximum atomic E-state index is 12.8. The van der Waals surface area contributed by atoms with E-state index in [-0.39, 0.29) is 12.3 Å². The average Bonchev–Trinajstić information content (AvgIpc) is 2.73. The second kappa shape index (κ2) is 9.89. The lowest BCUT2D eigenvalue weighted by Crippen LogP contribution is -2.38. The van der Waals surface area contributed by atoms with Crippen LogP contribution in [0.2, 0.25) is 5.02 Å². The molecule has 3 rings (SSSR count). The number of nitrogens with one attached hydrogen (secondary N) is 1. The Morgan fingerprint density at radius 2 is 2.09 bits per heavy atom. The Morgan fingerprint density at radius 3 is 2.66 bits per heavy atom. The van der Waals surface area contributed by atoms with Crippen LogP contribution in [0.4, 0.5) is 23.7 Å². The van der Waals surface area contributed by atoms with E-state index in [0.29, 0.717) is 25.9 Å². The fourth-order valence-corrected chi connectivity index (χ4v) is 3.80. The molecule has 0 spiro atoms. The van der Waals surface area contributed by atoms with Gasteiger partial charge in [0.05, 0.1) is 29.0 Å². The van der Waals surface area contributed by atoms with E-state index in [1.165, 1.54) is 11.0 Å². The number of anilines is 1. The van der Waals surface area contributed by atoms with Crippen molar-refractivity contribution in [2.24, 2.45) is 0 Å². The minimum absolute atomic E-state index is 0.181. The monoisotopic (exact) mass is 469 g/mol. The third-order valence-corrected chi connectivity index (χ3v) is 5.46. The number of carbonyl (C=O) groups excluding carboxylic acids is 1. The van der Waals surface area contributed by atoms with E-state index in [9.17, 15) is 23.1 Å². The highest BCUT2D eigenvalue weighted by atomic mass is 35.5. The third-order valence-electron chi connectivity index (χ3n) is 5.14. The van der Waals surface area contributed by atoms with Crippen LogP contribution >= 0.6 is 11.6 Å². The van der Waals surface area contributed by atoms with Crippen LogP contribution in [0.15, 0.2) is 36.5 Å². The number of benzene rings is 1. The summed E-state index contributed by atoms with van der Waals surface area (Å²) in [5.41, 5.74) is 2.76. The highest BCUT2D eigenvalue weighted by molar-refractivity contribution is 6.31. The van der Waals surface area contributed by atoms with Gasteiger partial charge in [-0.1, -0.05) is 23.7 Å². The van der Waals surface area contributed by atoms with Crippen LogP contribution in [-0.2, 0) is 12.6 Å². The Kier molecular flexibility index (Phi) is 7.43. The van der Waals surface area contributed by atoms with Crippen LogP contribution in [0, 0.1) is 6.92 Å². The highest BCUT2D eigenvalue weighted by Gasteiger charge is 2.33. The first-order chi connectivity index (χ1) is 15.1. The number of aromatic nitrogens is 1. The lowest BCUT2D eigenvalue weighted by atomic mass is 9.99. The zero-order valence-electron chi connectivity index (χ0n) is 17.3. The van der Waals surface area contributed by atoms with Gasteiger partial charge < -0.3 is 20.4 Å². The number of pyridine rings is 1. The van der Waals surface area contributed by atoms with Gasteiger partial charge in [0.15, 0.2) is 0 Å². The Bertz CT molecular complexity index is 1030. The molecule has 0 aliphatic carbocycles. The van der Waals surface area contributed by atoms with Gasteiger partial charge in [-0.15, -0.1) is 0 Å². The molecular formula is C22H23ClF3N3O3. The van der Waals surface area contributed by atoms with Crippen LogP contribution in [0.3, 0.4) is 0 Å². The molecule has 2 heterocycles. The van der Waals surface area contributed by atoms with Crippen molar-refractivity contribution >= 4 is 28.9 Å². The molecule has 1 aromatic carbocycles. The zero-order valence-corrected chi connectivity index (χ0v) is 18.0. The molecule has 0 saturated carbocycles. The first-order valence-electron chi connectivity index (χ1n) is 9.95. The van der Waals surface area contributed by atoms with Crippen molar-refractivity contribution in [2.45, 2.75) is 32.0 Å². The van der Waals surface area contributed by atoms with Gasteiger partial charge in [0.1, 0.15) is 0 Å². The van der Waals surface area contributed by atoms with Gasteiger partial charge in [-0.2, -0.15) is 13.2 Å². The predicted octanol–water partition coefficient (Wildman–Crippen LogP) is 4.28. The quantitative estimate of drug-likeness (QED) is 0.610. The fourth-order valence-electron chi connectivity index (χ4n) is 3.51. The zero-order chi connectivity index (χ0) is 23.5. The molecule has 1 aliphatic heterocycles. The predicted molar refractivity (Wildman–Crippen MR) is 115 cm³/mol. The number of hydrogen-bond donors (Lipinski definition) is 3. The number of carbonyl (C=O) groups is 1. The van der Waals surface area contributed by atoms with Crippen molar-refractivity contribution in [3.63, 3.8) is 0 Å². The average molecular weight is 470 g/mol. The van der Waals surface area contributed by atoms with Gasteiger partial charge in [0.2, 0.25) is 0 Å². The summed E-state index contributed by atoms with van der Waals surface area (Å²) in [6.45, 7) is 2.33. The normalized spacial score (nSPS) is 15.3. The highest BCUT2D eigenvalue weighted by Crippen LogP contribution is 2.36. The molecule has 0 unspecified atom stereocenters. The van der Waals surface area contributed by atoms with Gasteiger partial charge in [0.25, 0.3) is 0 Å². The van der Waals surface area contributed by atoms with E-state index in [2.05, 4.69) is 10.3 Å². The molecule has 3 N–H and O–H groups in total. The fraction of sp³-hybridized carbons (Fsp3) is 0.364. The van der Waals surface area contributed by atoms with E-state index in [1.807, 2.05) is 19.1 Å². The van der Waals surface area contributed by atoms with Gasteiger partial charge in [-0.05, 0) is 48.2 Å². The number of halogens is 4. The molecule has 6 nitrogen and oxygen atoms in total. The second-order valence-corrected chi connectivity index (χ2v) is 8.00. The first kappa shape index (κ1) is 24.0. The lowest BCUT2D eigenvalue weighted by molar-refractivity contribution is -0.137. The van der Waals surface area contributed by atoms with Crippen molar-refractivity contribution in [2.75, 3.05) is 25.0 Å². The summed E-state index contributed by atoms with van der Waals surface area (Å²) in [5.74, 6) is 0. The second-order valence-electron chi connectivity index (χ2n) is 7.60. The van der Waals surface area contributed by atoms with E-state index in [4.69, 9.17) is 16.7 Å². The molecule has 32 heavy (non-hydrogen) atoms. The summed E-state index contributed by atoms with van der Waals surface area (Å²) in [6.07, 6.45) is -0.964. The lowest BCUT2D eigenvalue weighted by Gasteiger charge is -2.27. The van der Waals surface area contributed by atoms with Gasteiger partial charge >= 0.3 is 12.2 Å². The van der Waals surface area contributed by atoms with E-state index in [1.54, 1.807) is 6.20 Å². The Labute approximate surface area is 188 Å². The summed E-state index contributed by atoms with van der Waals surface area (Å²) in [5, 5.41) is 20.7. The third kappa shape index (κ3) is 5.79. The molecule has 1 aromatic heterocycles. The van der Waals surface area contributed by atoms with Crippen molar-refractivity contribution in [3.05, 3.63) is 63.9 Å². The molecule has 1 aliphatic rings. The van der Waals surface area contributed by atoms with Crippen molar-refractivity contribution in [3.8, 4) is 0 Å². The van der Waals surface area contributed by atoms with Crippen molar-refractivity contribution in [1.82, 2.24) is 9.88 Å². The molecule has 0 bridgehead atoms. The number of amides is 2. The van der Waals surface area contributed by atoms with Crippen molar-refractivity contribution < 1.29 is 28.2 Å². The van der Waals surface area contributed by atoms with Crippen LogP contribution in [0.5, 0.6) is 0 Å². The van der Waals surface area contributed by atoms with Crippen LogP contribution < -0.4 is 5.32 Å². The number of rotatable bonds is 5. The standard InChI is InChI=1S/C22H23ClF3N3O3/c1-13-8-14(9-17(31)12-30)11-27-20(13)15-4-6-29(7-5-15)21(32)28-16-2-3-18(19(23)10-16)22(24,25)26/h2-4,8,10-11,17,30-31H,5-7,9,12H2,1H3,(H,28,32)/t17-/m1/s1. The number of hydrogen-bond acceptors (Lipinski definition) is 4. The maximum absolute atomic E-state index is 12.8. The minimum atomic E-state index is -4.56. The van der Waals surface area contributed by atoms with Crippen molar-refractivity contribution in [1.29, 1.82) is 0 Å². The molecule has 0 radical (unpaired) electrons. The largest absolute Gasteiger partial charge is 0.417 e. The summed E-state index contributed by atoms with van der Waals surface area (Å²) in [7, 11) is 0. The van der Waals surface area contributed by atoms with Crippen LogP contribution in [-0.4, -0.2) is 51.9 Å².